The molecule has 1 saturated heterocycles. The largest absolute Gasteiger partial charge is 0.361 e. The summed E-state index contributed by atoms with van der Waals surface area (Å²) in [5.41, 5.74) is 1.98. The van der Waals surface area contributed by atoms with Gasteiger partial charge in [-0.25, -0.2) is 0 Å². The topological polar surface area (TPSA) is 76.1 Å². The van der Waals surface area contributed by atoms with E-state index < -0.39 is 0 Å². The van der Waals surface area contributed by atoms with Crippen LogP contribution < -0.4 is 0 Å². The van der Waals surface area contributed by atoms with Crippen LogP contribution in [0.1, 0.15) is 30.2 Å². The van der Waals surface area contributed by atoms with Gasteiger partial charge in [0.1, 0.15) is 5.76 Å². The first-order chi connectivity index (χ1) is 12.7. The lowest BCUT2D eigenvalue weighted by molar-refractivity contribution is 0.0924. The summed E-state index contributed by atoms with van der Waals surface area (Å²) in [5, 5.41) is 16.4. The van der Waals surface area contributed by atoms with Crippen LogP contribution in [0.5, 0.6) is 0 Å². The summed E-state index contributed by atoms with van der Waals surface area (Å²) in [6, 6.07) is 12.2. The summed E-state index contributed by atoms with van der Waals surface area (Å²) < 4.78 is 6.99. The van der Waals surface area contributed by atoms with Gasteiger partial charge in [0.25, 0.3) is 0 Å². The second-order valence-corrected chi connectivity index (χ2v) is 6.70. The third-order valence-corrected chi connectivity index (χ3v) is 4.89. The van der Waals surface area contributed by atoms with Crippen molar-refractivity contribution in [2.75, 3.05) is 26.2 Å². The van der Waals surface area contributed by atoms with E-state index in [9.17, 15) is 0 Å². The Morgan fingerprint density at radius 3 is 2.58 bits per heavy atom. The fraction of sp³-hybridized carbons (Fsp3) is 0.444. The van der Waals surface area contributed by atoms with E-state index in [2.05, 4.69) is 37.4 Å². The van der Waals surface area contributed by atoms with Crippen molar-refractivity contribution in [1.82, 2.24) is 35.2 Å². The maximum Gasteiger partial charge on any atom is 0.173 e. The fourth-order valence-electron chi connectivity index (χ4n) is 3.40. The Bertz CT molecular complexity index is 836. The molecule has 0 saturated carbocycles. The Kier molecular flexibility index (Phi) is 4.77. The van der Waals surface area contributed by atoms with Crippen LogP contribution >= 0.6 is 0 Å². The summed E-state index contributed by atoms with van der Waals surface area (Å²) in [5.74, 6) is 1.73. The number of nitrogens with zero attached hydrogens (tertiary/aromatic N) is 7. The summed E-state index contributed by atoms with van der Waals surface area (Å²) in [4.78, 5) is 4.83. The molecule has 1 fully saturated rings. The van der Waals surface area contributed by atoms with Gasteiger partial charge in [-0.3, -0.25) is 9.80 Å². The minimum absolute atomic E-state index is 0.154. The van der Waals surface area contributed by atoms with Crippen LogP contribution in [0.4, 0.5) is 0 Å². The maximum absolute atomic E-state index is 5.16. The minimum Gasteiger partial charge on any atom is -0.361 e. The van der Waals surface area contributed by atoms with Crippen molar-refractivity contribution in [2.24, 2.45) is 0 Å². The van der Waals surface area contributed by atoms with E-state index in [0.29, 0.717) is 0 Å². The molecule has 4 rings (SSSR count). The number of tetrazole rings is 1. The van der Waals surface area contributed by atoms with Gasteiger partial charge in [-0.2, -0.15) is 4.68 Å². The molecule has 26 heavy (non-hydrogen) atoms. The zero-order valence-electron chi connectivity index (χ0n) is 15.1. The van der Waals surface area contributed by atoms with Crippen molar-refractivity contribution < 1.29 is 4.52 Å². The quantitative estimate of drug-likeness (QED) is 0.693. The van der Waals surface area contributed by atoms with Crippen LogP contribution in [-0.4, -0.2) is 61.3 Å². The molecule has 8 heteroatoms. The SMILES string of the molecule is Cc1cc(CN2CCN(C(C)c3nnnn3-c3ccccc3)CC2)no1. The van der Waals surface area contributed by atoms with Gasteiger partial charge in [-0.1, -0.05) is 23.4 Å². The Labute approximate surface area is 152 Å². The molecule has 1 aromatic carbocycles. The lowest BCUT2D eigenvalue weighted by atomic mass is 10.2. The fourth-order valence-corrected chi connectivity index (χ4v) is 3.40. The van der Waals surface area contributed by atoms with E-state index in [1.165, 1.54) is 0 Å². The molecule has 1 aliphatic heterocycles. The molecule has 0 bridgehead atoms. The predicted molar refractivity (Wildman–Crippen MR) is 95.7 cm³/mol. The second kappa shape index (κ2) is 7.35. The van der Waals surface area contributed by atoms with Gasteiger partial charge in [0, 0.05) is 38.8 Å². The number of piperazine rings is 1. The smallest absolute Gasteiger partial charge is 0.173 e. The van der Waals surface area contributed by atoms with Crippen molar-refractivity contribution in [1.29, 1.82) is 0 Å². The monoisotopic (exact) mass is 353 g/mol. The van der Waals surface area contributed by atoms with Crippen molar-refractivity contribution >= 4 is 0 Å². The van der Waals surface area contributed by atoms with Crippen LogP contribution in [0.15, 0.2) is 40.9 Å². The van der Waals surface area contributed by atoms with Crippen molar-refractivity contribution in [3.05, 3.63) is 53.7 Å². The van der Waals surface area contributed by atoms with Gasteiger partial charge in [0.15, 0.2) is 5.82 Å². The zero-order valence-corrected chi connectivity index (χ0v) is 15.1. The lowest BCUT2D eigenvalue weighted by Crippen LogP contribution is -2.47. The number of aryl methyl sites for hydroxylation is 1. The molecule has 2 aromatic heterocycles. The maximum atomic E-state index is 5.16. The zero-order chi connectivity index (χ0) is 17.9. The van der Waals surface area contributed by atoms with E-state index in [-0.39, 0.29) is 6.04 Å². The van der Waals surface area contributed by atoms with Crippen LogP contribution in [-0.2, 0) is 6.54 Å². The van der Waals surface area contributed by atoms with Gasteiger partial charge >= 0.3 is 0 Å². The average Bonchev–Trinajstić information content (AvgIpc) is 3.32. The molecule has 1 atom stereocenters. The molecule has 136 valence electrons. The summed E-state index contributed by atoms with van der Waals surface area (Å²) in [6.07, 6.45) is 0. The van der Waals surface area contributed by atoms with Crippen LogP contribution in [0.3, 0.4) is 0 Å². The Morgan fingerprint density at radius 2 is 1.88 bits per heavy atom. The first kappa shape index (κ1) is 16.9. The highest BCUT2D eigenvalue weighted by atomic mass is 16.5. The molecule has 0 aliphatic carbocycles. The highest BCUT2D eigenvalue weighted by Gasteiger charge is 2.26. The molecule has 1 aliphatic rings. The third kappa shape index (κ3) is 3.51. The first-order valence-corrected chi connectivity index (χ1v) is 8.93. The molecule has 0 radical (unpaired) electrons. The minimum atomic E-state index is 0.154. The summed E-state index contributed by atoms with van der Waals surface area (Å²) >= 11 is 0. The Hall–Kier alpha value is -2.58. The molecule has 0 N–H and O–H groups in total. The van der Waals surface area contributed by atoms with Crippen LogP contribution in [0, 0.1) is 6.92 Å². The first-order valence-electron chi connectivity index (χ1n) is 8.93. The van der Waals surface area contributed by atoms with E-state index >= 15 is 0 Å². The van der Waals surface area contributed by atoms with Gasteiger partial charge in [-0.15, -0.1) is 5.10 Å². The average molecular weight is 353 g/mol. The van der Waals surface area contributed by atoms with E-state index in [1.807, 2.05) is 48.0 Å². The molecule has 1 unspecified atom stereocenters. The lowest BCUT2D eigenvalue weighted by Gasteiger charge is -2.37. The molecule has 3 aromatic rings. The number of rotatable bonds is 5. The summed E-state index contributed by atoms with van der Waals surface area (Å²) in [7, 11) is 0. The Morgan fingerprint density at radius 1 is 1.12 bits per heavy atom. The van der Waals surface area contributed by atoms with Gasteiger partial charge in [0.2, 0.25) is 0 Å². The molecule has 3 heterocycles. The highest BCUT2D eigenvalue weighted by molar-refractivity contribution is 5.30. The normalized spacial score (nSPS) is 17.5. The van der Waals surface area contributed by atoms with Gasteiger partial charge in [-0.05, 0) is 36.4 Å². The van der Waals surface area contributed by atoms with Gasteiger partial charge in [0.05, 0.1) is 17.4 Å². The standard InChI is InChI=1S/C18H23N7O/c1-14-12-16(20-26-14)13-23-8-10-24(11-9-23)15(2)18-19-21-22-25(18)17-6-4-3-5-7-17/h3-7,12,15H,8-11,13H2,1-2H3. The number of hydrogen-bond acceptors (Lipinski definition) is 7. The van der Waals surface area contributed by atoms with Crippen molar-refractivity contribution in [3.8, 4) is 5.69 Å². The van der Waals surface area contributed by atoms with Gasteiger partial charge < -0.3 is 4.52 Å². The number of benzene rings is 1. The van der Waals surface area contributed by atoms with Crippen LogP contribution in [0.2, 0.25) is 0 Å². The van der Waals surface area contributed by atoms with E-state index in [0.717, 1.165) is 55.7 Å². The third-order valence-electron chi connectivity index (χ3n) is 4.89. The second-order valence-electron chi connectivity index (χ2n) is 6.70. The molecule has 8 nitrogen and oxygen atoms in total. The van der Waals surface area contributed by atoms with E-state index in [4.69, 9.17) is 4.52 Å². The summed E-state index contributed by atoms with van der Waals surface area (Å²) in [6.45, 7) is 8.85. The van der Waals surface area contributed by atoms with Crippen molar-refractivity contribution in [3.63, 3.8) is 0 Å². The molecule has 0 spiro atoms. The number of hydrogen-bond donors (Lipinski definition) is 0. The number of para-hydroxylation sites is 1. The highest BCUT2D eigenvalue weighted by Crippen LogP contribution is 2.22. The Balaban J connectivity index is 1.40. The predicted octanol–water partition coefficient (Wildman–Crippen LogP) is 1.84. The van der Waals surface area contributed by atoms with Crippen molar-refractivity contribution in [2.45, 2.75) is 26.4 Å². The van der Waals surface area contributed by atoms with E-state index in [1.54, 1.807) is 0 Å². The molecule has 0 amide bonds. The molecular weight excluding hydrogens is 330 g/mol. The number of aromatic nitrogens is 5. The van der Waals surface area contributed by atoms with Crippen LogP contribution in [0.25, 0.3) is 5.69 Å². The molecular formula is C18H23N7O.